The van der Waals surface area contributed by atoms with Crippen molar-refractivity contribution in [1.82, 2.24) is 0 Å². The summed E-state index contributed by atoms with van der Waals surface area (Å²) in [5, 5.41) is 2.64. The zero-order valence-electron chi connectivity index (χ0n) is 12.3. The molecule has 0 aliphatic carbocycles. The van der Waals surface area contributed by atoms with Crippen molar-refractivity contribution in [3.8, 4) is 0 Å². The molecule has 1 unspecified atom stereocenters. The van der Waals surface area contributed by atoms with Crippen molar-refractivity contribution < 1.29 is 9.47 Å². The minimum atomic E-state index is -0.395. The Morgan fingerprint density at radius 2 is 1.90 bits per heavy atom. The summed E-state index contributed by atoms with van der Waals surface area (Å²) in [5.74, 6) is -0.395. The van der Waals surface area contributed by atoms with Gasteiger partial charge in [0.25, 0.3) is 0 Å². The van der Waals surface area contributed by atoms with Gasteiger partial charge in [-0.1, -0.05) is 42.5 Å². The van der Waals surface area contributed by atoms with Crippen LogP contribution in [0.1, 0.15) is 32.3 Å². The van der Waals surface area contributed by atoms with Crippen molar-refractivity contribution >= 4 is 10.8 Å². The maximum absolute atomic E-state index is 5.83. The second-order valence-corrected chi connectivity index (χ2v) is 6.02. The highest BCUT2D eigenvalue weighted by molar-refractivity contribution is 5.82. The predicted molar refractivity (Wildman–Crippen MR) is 81.8 cm³/mol. The Labute approximate surface area is 120 Å². The van der Waals surface area contributed by atoms with Gasteiger partial charge in [0.2, 0.25) is 0 Å². The lowest BCUT2D eigenvalue weighted by atomic mass is 10.0. The van der Waals surface area contributed by atoms with Crippen molar-refractivity contribution in [3.63, 3.8) is 0 Å². The zero-order valence-corrected chi connectivity index (χ0v) is 12.3. The molecule has 1 fully saturated rings. The monoisotopic (exact) mass is 270 g/mol. The number of fused-ring (bicyclic) bond motifs is 1. The molecule has 1 atom stereocenters. The van der Waals surface area contributed by atoms with E-state index < -0.39 is 5.79 Å². The summed E-state index contributed by atoms with van der Waals surface area (Å²) in [5.41, 5.74) is 1.40. The van der Waals surface area contributed by atoms with Crippen LogP contribution in [0.4, 0.5) is 0 Å². The first-order valence-corrected chi connectivity index (χ1v) is 7.42. The molecule has 106 valence electrons. The van der Waals surface area contributed by atoms with Gasteiger partial charge in [-0.25, -0.2) is 0 Å². The molecule has 0 N–H and O–H groups in total. The number of aryl methyl sites for hydroxylation is 1. The van der Waals surface area contributed by atoms with Gasteiger partial charge in [0.05, 0.1) is 12.7 Å². The standard InChI is InChI=1S/C18H22O2/c1-18(2)19-13-17(20-18)9-5-6-14-10-11-15-7-3-4-8-16(15)12-14/h3-4,7-8,10-12,17H,5-6,9,13H2,1-2H3. The van der Waals surface area contributed by atoms with Gasteiger partial charge in [0.1, 0.15) is 0 Å². The first-order valence-electron chi connectivity index (χ1n) is 7.42. The van der Waals surface area contributed by atoms with Crippen molar-refractivity contribution in [2.75, 3.05) is 6.61 Å². The Balaban J connectivity index is 1.55. The third-order valence-corrected chi connectivity index (χ3v) is 3.87. The summed E-state index contributed by atoms with van der Waals surface area (Å²) < 4.78 is 11.4. The lowest BCUT2D eigenvalue weighted by Gasteiger charge is -2.17. The van der Waals surface area contributed by atoms with Gasteiger partial charge in [0.15, 0.2) is 5.79 Å². The van der Waals surface area contributed by atoms with E-state index in [0.717, 1.165) is 25.9 Å². The van der Waals surface area contributed by atoms with E-state index in [1.807, 2.05) is 13.8 Å². The topological polar surface area (TPSA) is 18.5 Å². The van der Waals surface area contributed by atoms with Crippen molar-refractivity contribution in [1.29, 1.82) is 0 Å². The maximum Gasteiger partial charge on any atom is 0.163 e. The van der Waals surface area contributed by atoms with E-state index in [2.05, 4.69) is 42.5 Å². The summed E-state index contributed by atoms with van der Waals surface area (Å²) in [6.45, 7) is 4.69. The van der Waals surface area contributed by atoms with Crippen LogP contribution in [0.2, 0.25) is 0 Å². The van der Waals surface area contributed by atoms with E-state index >= 15 is 0 Å². The number of ether oxygens (including phenoxy) is 2. The Morgan fingerprint density at radius 1 is 1.10 bits per heavy atom. The maximum atomic E-state index is 5.83. The van der Waals surface area contributed by atoms with Crippen LogP contribution < -0.4 is 0 Å². The molecule has 0 bridgehead atoms. The van der Waals surface area contributed by atoms with Crippen LogP contribution in [0.15, 0.2) is 42.5 Å². The first-order chi connectivity index (χ1) is 9.62. The van der Waals surface area contributed by atoms with Crippen molar-refractivity contribution in [2.45, 2.75) is 45.0 Å². The average Bonchev–Trinajstić information content (AvgIpc) is 2.78. The Bertz CT molecular complexity index is 589. The van der Waals surface area contributed by atoms with E-state index in [0.29, 0.717) is 0 Å². The lowest BCUT2D eigenvalue weighted by molar-refractivity contribution is -0.139. The van der Waals surface area contributed by atoms with Gasteiger partial charge in [-0.2, -0.15) is 0 Å². The number of hydrogen-bond acceptors (Lipinski definition) is 2. The van der Waals surface area contributed by atoms with Gasteiger partial charge in [-0.05, 0) is 49.4 Å². The third-order valence-electron chi connectivity index (χ3n) is 3.87. The summed E-state index contributed by atoms with van der Waals surface area (Å²) in [6.07, 6.45) is 3.56. The molecule has 0 radical (unpaired) electrons. The van der Waals surface area contributed by atoms with Gasteiger partial charge >= 0.3 is 0 Å². The summed E-state index contributed by atoms with van der Waals surface area (Å²) in [4.78, 5) is 0. The highest BCUT2D eigenvalue weighted by Crippen LogP contribution is 2.25. The molecule has 0 amide bonds. The molecule has 2 nitrogen and oxygen atoms in total. The summed E-state index contributed by atoms with van der Waals surface area (Å²) in [6, 6.07) is 15.3. The predicted octanol–water partition coefficient (Wildman–Crippen LogP) is 4.31. The Hall–Kier alpha value is -1.38. The van der Waals surface area contributed by atoms with Crippen LogP contribution in [0.5, 0.6) is 0 Å². The molecule has 2 aromatic carbocycles. The summed E-state index contributed by atoms with van der Waals surface area (Å²) >= 11 is 0. The molecule has 20 heavy (non-hydrogen) atoms. The minimum Gasteiger partial charge on any atom is -0.348 e. The molecule has 1 aliphatic heterocycles. The second kappa shape index (κ2) is 5.55. The van der Waals surface area contributed by atoms with Gasteiger partial charge in [-0.3, -0.25) is 0 Å². The average molecular weight is 270 g/mol. The fourth-order valence-corrected chi connectivity index (χ4v) is 2.83. The Morgan fingerprint density at radius 3 is 2.65 bits per heavy atom. The smallest absolute Gasteiger partial charge is 0.163 e. The molecular weight excluding hydrogens is 248 g/mol. The molecule has 0 spiro atoms. The van der Waals surface area contributed by atoms with Crippen LogP contribution in [0.25, 0.3) is 10.8 Å². The van der Waals surface area contributed by atoms with E-state index in [4.69, 9.17) is 9.47 Å². The molecule has 1 aliphatic rings. The molecule has 1 saturated heterocycles. The molecule has 0 saturated carbocycles. The van der Waals surface area contributed by atoms with Crippen molar-refractivity contribution in [3.05, 3.63) is 48.0 Å². The van der Waals surface area contributed by atoms with Crippen LogP contribution in [-0.4, -0.2) is 18.5 Å². The highest BCUT2D eigenvalue weighted by Gasteiger charge is 2.31. The molecular formula is C18H22O2. The second-order valence-electron chi connectivity index (χ2n) is 6.02. The number of hydrogen-bond donors (Lipinski definition) is 0. The van der Waals surface area contributed by atoms with Gasteiger partial charge in [0, 0.05) is 0 Å². The molecule has 3 rings (SSSR count). The van der Waals surface area contributed by atoms with E-state index in [1.54, 1.807) is 0 Å². The van der Waals surface area contributed by atoms with Crippen LogP contribution in [0, 0.1) is 0 Å². The molecule has 2 aromatic rings. The highest BCUT2D eigenvalue weighted by atomic mass is 16.7. The van der Waals surface area contributed by atoms with Crippen LogP contribution in [-0.2, 0) is 15.9 Å². The van der Waals surface area contributed by atoms with Crippen molar-refractivity contribution in [2.24, 2.45) is 0 Å². The molecule has 2 heteroatoms. The zero-order chi connectivity index (χ0) is 14.0. The third kappa shape index (κ3) is 3.20. The number of rotatable bonds is 4. The fourth-order valence-electron chi connectivity index (χ4n) is 2.83. The van der Waals surface area contributed by atoms with Gasteiger partial charge < -0.3 is 9.47 Å². The largest absolute Gasteiger partial charge is 0.348 e. The normalized spacial score (nSPS) is 21.4. The molecule has 0 aromatic heterocycles. The first kappa shape index (κ1) is 13.6. The lowest BCUT2D eigenvalue weighted by Crippen LogP contribution is -2.21. The molecule has 1 heterocycles. The van der Waals surface area contributed by atoms with Crippen LogP contribution >= 0.6 is 0 Å². The summed E-state index contributed by atoms with van der Waals surface area (Å²) in [7, 11) is 0. The fraction of sp³-hybridized carbons (Fsp3) is 0.444. The van der Waals surface area contributed by atoms with E-state index in [-0.39, 0.29) is 6.10 Å². The van der Waals surface area contributed by atoms with E-state index in [9.17, 15) is 0 Å². The van der Waals surface area contributed by atoms with E-state index in [1.165, 1.54) is 16.3 Å². The quantitative estimate of drug-likeness (QED) is 0.824. The minimum absolute atomic E-state index is 0.255. The van der Waals surface area contributed by atoms with Crippen LogP contribution in [0.3, 0.4) is 0 Å². The number of benzene rings is 2. The SMILES string of the molecule is CC1(C)OCC(CCCc2ccc3ccccc3c2)O1. The van der Waals surface area contributed by atoms with Gasteiger partial charge in [-0.15, -0.1) is 0 Å². The Kier molecular flexibility index (Phi) is 3.77.